The average molecular weight is 488 g/mol. The summed E-state index contributed by atoms with van der Waals surface area (Å²) in [7, 11) is -3.73. The highest BCUT2D eigenvalue weighted by Gasteiger charge is 2.32. The SMILES string of the molecule is C=CCN(CC=C)S(=O)(=O)c1ccc(C(=O)OC2CN(c3nc4ccc(F)cc4s3)C2)cc1. The number of aromatic nitrogens is 1. The number of esters is 1. The second-order valence-corrected chi connectivity index (χ2v) is 10.4. The molecule has 0 aliphatic carbocycles. The van der Waals surface area contributed by atoms with Crippen molar-refractivity contribution in [3.05, 3.63) is 79.2 Å². The molecule has 0 amide bonds. The zero-order valence-corrected chi connectivity index (χ0v) is 19.3. The van der Waals surface area contributed by atoms with Crippen LogP contribution in [0.25, 0.3) is 10.2 Å². The van der Waals surface area contributed by atoms with Crippen molar-refractivity contribution in [1.82, 2.24) is 9.29 Å². The summed E-state index contributed by atoms with van der Waals surface area (Å²) in [6.07, 6.45) is 2.70. The van der Waals surface area contributed by atoms with Crippen LogP contribution in [0, 0.1) is 5.82 Å². The normalized spacial score (nSPS) is 14.3. The molecule has 3 aromatic rings. The number of ether oxygens (including phenoxy) is 1. The predicted molar refractivity (Wildman–Crippen MR) is 127 cm³/mol. The van der Waals surface area contributed by atoms with E-state index in [1.54, 1.807) is 6.07 Å². The van der Waals surface area contributed by atoms with Crippen LogP contribution in [0.4, 0.5) is 9.52 Å². The Kier molecular flexibility index (Phi) is 6.59. The third kappa shape index (κ3) is 4.82. The molecule has 10 heteroatoms. The molecular formula is C23H22FN3O4S2. The van der Waals surface area contributed by atoms with Gasteiger partial charge in [-0.3, -0.25) is 0 Å². The summed E-state index contributed by atoms with van der Waals surface area (Å²) in [5, 5.41) is 0.751. The summed E-state index contributed by atoms with van der Waals surface area (Å²) >= 11 is 1.39. The molecule has 1 fully saturated rings. The molecule has 0 atom stereocenters. The minimum absolute atomic E-state index is 0.0739. The number of carbonyl (C=O) groups is 1. The number of anilines is 1. The van der Waals surface area contributed by atoms with E-state index >= 15 is 0 Å². The molecule has 2 aromatic carbocycles. The van der Waals surface area contributed by atoms with E-state index in [9.17, 15) is 17.6 Å². The summed E-state index contributed by atoms with van der Waals surface area (Å²) in [5.41, 5.74) is 0.994. The first kappa shape index (κ1) is 23.1. The molecular weight excluding hydrogens is 465 g/mol. The van der Waals surface area contributed by atoms with Gasteiger partial charge in [0.25, 0.3) is 0 Å². The number of benzene rings is 2. The Hall–Kier alpha value is -3.08. The average Bonchev–Trinajstić information content (AvgIpc) is 3.18. The fourth-order valence-electron chi connectivity index (χ4n) is 3.38. The highest BCUT2D eigenvalue weighted by atomic mass is 32.2. The number of fused-ring (bicyclic) bond motifs is 1. The van der Waals surface area contributed by atoms with Crippen molar-refractivity contribution in [3.63, 3.8) is 0 Å². The van der Waals surface area contributed by atoms with Gasteiger partial charge in [0.05, 0.1) is 33.8 Å². The van der Waals surface area contributed by atoms with E-state index in [0.29, 0.717) is 13.1 Å². The van der Waals surface area contributed by atoms with Gasteiger partial charge < -0.3 is 9.64 Å². The van der Waals surface area contributed by atoms with Gasteiger partial charge in [-0.25, -0.2) is 22.6 Å². The molecule has 172 valence electrons. The standard InChI is InChI=1S/C23H22FN3O4S2/c1-3-11-27(12-4-2)33(29,30)19-8-5-16(6-9-19)22(28)31-18-14-26(15-18)23-25-20-10-7-17(24)13-21(20)32-23/h3-10,13,18H,1-2,11-12,14-15H2. The monoisotopic (exact) mass is 487 g/mol. The summed E-state index contributed by atoms with van der Waals surface area (Å²) in [6, 6.07) is 10.1. The lowest BCUT2D eigenvalue weighted by atomic mass is 10.2. The molecule has 2 heterocycles. The fraction of sp³-hybridized carbons (Fsp3) is 0.217. The molecule has 1 aliphatic rings. The highest BCUT2D eigenvalue weighted by Crippen LogP contribution is 2.32. The van der Waals surface area contributed by atoms with Gasteiger partial charge in [0.15, 0.2) is 5.13 Å². The largest absolute Gasteiger partial charge is 0.455 e. The minimum atomic E-state index is -3.73. The topological polar surface area (TPSA) is 79.8 Å². The van der Waals surface area contributed by atoms with E-state index in [-0.39, 0.29) is 35.5 Å². The van der Waals surface area contributed by atoms with Crippen molar-refractivity contribution in [1.29, 1.82) is 0 Å². The lowest BCUT2D eigenvalue weighted by molar-refractivity contribution is 0.0234. The van der Waals surface area contributed by atoms with Gasteiger partial charge in [-0.15, -0.1) is 13.2 Å². The Morgan fingerprint density at radius 3 is 2.48 bits per heavy atom. The maximum atomic E-state index is 13.4. The van der Waals surface area contributed by atoms with Crippen LogP contribution in [0.3, 0.4) is 0 Å². The van der Waals surface area contributed by atoms with Crippen molar-refractivity contribution >= 4 is 42.7 Å². The van der Waals surface area contributed by atoms with Crippen molar-refractivity contribution in [2.45, 2.75) is 11.0 Å². The first-order valence-electron chi connectivity index (χ1n) is 10.2. The number of sulfonamides is 1. The number of thiazole rings is 1. The first-order chi connectivity index (χ1) is 15.8. The summed E-state index contributed by atoms with van der Waals surface area (Å²) < 4.78 is 46.4. The number of rotatable bonds is 9. The van der Waals surface area contributed by atoms with E-state index in [1.807, 2.05) is 4.90 Å². The van der Waals surface area contributed by atoms with Crippen LogP contribution < -0.4 is 4.90 Å². The van der Waals surface area contributed by atoms with Gasteiger partial charge in [0.2, 0.25) is 10.0 Å². The quantitative estimate of drug-likeness (QED) is 0.337. The Morgan fingerprint density at radius 2 is 1.85 bits per heavy atom. The second-order valence-electron chi connectivity index (χ2n) is 7.46. The van der Waals surface area contributed by atoms with E-state index in [0.717, 1.165) is 15.3 Å². The number of halogens is 1. The van der Waals surface area contributed by atoms with Crippen molar-refractivity contribution in [3.8, 4) is 0 Å². The summed E-state index contributed by atoms with van der Waals surface area (Å²) in [4.78, 5) is 19.0. The molecule has 33 heavy (non-hydrogen) atoms. The van der Waals surface area contributed by atoms with Crippen molar-refractivity contribution in [2.75, 3.05) is 31.1 Å². The van der Waals surface area contributed by atoms with E-state index in [2.05, 4.69) is 18.1 Å². The Labute approximate surface area is 195 Å². The molecule has 0 spiro atoms. The minimum Gasteiger partial charge on any atom is -0.455 e. The Bertz CT molecular complexity index is 1290. The van der Waals surface area contributed by atoms with E-state index in [4.69, 9.17) is 4.74 Å². The van der Waals surface area contributed by atoms with Crippen LogP contribution in [0.5, 0.6) is 0 Å². The van der Waals surface area contributed by atoms with E-state index < -0.39 is 16.0 Å². The van der Waals surface area contributed by atoms with Gasteiger partial charge >= 0.3 is 5.97 Å². The summed E-state index contributed by atoms with van der Waals surface area (Å²) in [6.45, 7) is 8.44. The zero-order chi connectivity index (χ0) is 23.6. The first-order valence-corrected chi connectivity index (χ1v) is 12.4. The van der Waals surface area contributed by atoms with Crippen LogP contribution in [-0.4, -0.2) is 56.0 Å². The molecule has 1 aliphatic heterocycles. The van der Waals surface area contributed by atoms with Gasteiger partial charge in [-0.2, -0.15) is 4.31 Å². The van der Waals surface area contributed by atoms with Crippen LogP contribution in [0.2, 0.25) is 0 Å². The number of hydrogen-bond acceptors (Lipinski definition) is 7. The molecule has 1 saturated heterocycles. The molecule has 7 nitrogen and oxygen atoms in total. The zero-order valence-electron chi connectivity index (χ0n) is 17.7. The van der Waals surface area contributed by atoms with Crippen LogP contribution >= 0.6 is 11.3 Å². The van der Waals surface area contributed by atoms with Crippen LogP contribution in [0.1, 0.15) is 10.4 Å². The molecule has 0 radical (unpaired) electrons. The van der Waals surface area contributed by atoms with Gasteiger partial charge in [-0.05, 0) is 42.5 Å². The number of hydrogen-bond donors (Lipinski definition) is 0. The van der Waals surface area contributed by atoms with Gasteiger partial charge in [-0.1, -0.05) is 23.5 Å². The van der Waals surface area contributed by atoms with Crippen LogP contribution in [0.15, 0.2) is 72.7 Å². The molecule has 1 aromatic heterocycles. The molecule has 0 N–H and O–H groups in total. The third-order valence-electron chi connectivity index (χ3n) is 5.12. The lowest BCUT2D eigenvalue weighted by Crippen LogP contribution is -2.53. The lowest BCUT2D eigenvalue weighted by Gasteiger charge is -2.38. The molecule has 0 unspecified atom stereocenters. The highest BCUT2D eigenvalue weighted by molar-refractivity contribution is 7.89. The van der Waals surface area contributed by atoms with Crippen LogP contribution in [-0.2, 0) is 14.8 Å². The molecule has 0 bridgehead atoms. The smallest absolute Gasteiger partial charge is 0.338 e. The number of nitrogens with zero attached hydrogens (tertiary/aromatic N) is 3. The Morgan fingerprint density at radius 1 is 1.18 bits per heavy atom. The second kappa shape index (κ2) is 9.42. The fourth-order valence-corrected chi connectivity index (χ4v) is 5.77. The van der Waals surface area contributed by atoms with E-state index in [1.165, 1.54) is 64.2 Å². The maximum Gasteiger partial charge on any atom is 0.338 e. The van der Waals surface area contributed by atoms with Crippen molar-refractivity contribution in [2.24, 2.45) is 0 Å². The predicted octanol–water partition coefficient (Wildman–Crippen LogP) is 3.84. The van der Waals surface area contributed by atoms with Crippen molar-refractivity contribution < 1.29 is 22.3 Å². The maximum absolute atomic E-state index is 13.4. The van der Waals surface area contributed by atoms with Gasteiger partial charge in [0, 0.05) is 13.1 Å². The Balaban J connectivity index is 1.36. The third-order valence-corrected chi connectivity index (χ3v) is 8.05. The molecule has 0 saturated carbocycles. The summed E-state index contributed by atoms with van der Waals surface area (Å²) in [5.74, 6) is -0.829. The molecule has 4 rings (SSSR count). The van der Waals surface area contributed by atoms with Gasteiger partial charge in [0.1, 0.15) is 11.9 Å². The number of carbonyl (C=O) groups excluding carboxylic acids is 1.